The van der Waals surface area contributed by atoms with Gasteiger partial charge in [-0.2, -0.15) is 0 Å². The minimum Gasteiger partial charge on any atom is -0.487 e. The van der Waals surface area contributed by atoms with Crippen LogP contribution in [0.1, 0.15) is 46.1 Å². The van der Waals surface area contributed by atoms with Gasteiger partial charge >= 0.3 is 5.97 Å². The average molecular weight is 329 g/mol. The maximum atomic E-state index is 12.9. The van der Waals surface area contributed by atoms with E-state index in [0.29, 0.717) is 30.2 Å². The summed E-state index contributed by atoms with van der Waals surface area (Å²) in [5.74, 6) is -0.484. The minimum atomic E-state index is -1.10. The molecule has 1 atom stereocenters. The van der Waals surface area contributed by atoms with Crippen LogP contribution in [0.3, 0.4) is 0 Å². The summed E-state index contributed by atoms with van der Waals surface area (Å²) in [6.07, 6.45) is 0.243. The molecule has 1 aromatic carbocycles. The topological polar surface area (TPSA) is 80.0 Å². The molecule has 0 fully saturated rings. The Morgan fingerprint density at radius 3 is 2.71 bits per heavy atom. The van der Waals surface area contributed by atoms with Crippen LogP contribution in [0.25, 0.3) is 0 Å². The van der Waals surface area contributed by atoms with Crippen molar-refractivity contribution in [1.29, 1.82) is 0 Å². The number of carbonyl (C=O) groups excluding carboxylic acids is 1. The van der Waals surface area contributed by atoms with E-state index in [2.05, 4.69) is 0 Å². The first-order valence-electron chi connectivity index (χ1n) is 7.86. The third-order valence-electron chi connectivity index (χ3n) is 3.99. The molecule has 1 unspecified atom stereocenters. The molecule has 1 amide bonds. The number of aromatic carboxylic acids is 1. The van der Waals surface area contributed by atoms with Crippen LogP contribution in [0.5, 0.6) is 5.75 Å². The minimum absolute atomic E-state index is 0.0323. The summed E-state index contributed by atoms with van der Waals surface area (Å²) in [5.41, 5.74) is 1.73. The van der Waals surface area contributed by atoms with E-state index in [-0.39, 0.29) is 23.3 Å². The summed E-state index contributed by atoms with van der Waals surface area (Å²) < 4.78 is 11.3. The highest BCUT2D eigenvalue weighted by Gasteiger charge is 2.31. The lowest BCUT2D eigenvalue weighted by Crippen LogP contribution is -2.42. The number of nitrogens with zero attached hydrogens (tertiary/aromatic N) is 1. The molecule has 0 radical (unpaired) electrons. The fraction of sp³-hybridized carbons (Fsp3) is 0.333. The van der Waals surface area contributed by atoms with Crippen LogP contribution < -0.4 is 9.64 Å². The molecular weight excluding hydrogens is 310 g/mol. The second-order valence-corrected chi connectivity index (χ2v) is 5.92. The van der Waals surface area contributed by atoms with Crippen molar-refractivity contribution in [2.75, 3.05) is 11.4 Å². The molecule has 6 heteroatoms. The SMILES string of the molecule is CCc1oc(C(=O)N2CC(C)Oc3cc(C)ccc32)cc1C(=O)O. The number of ether oxygens (including phenoxy) is 1. The highest BCUT2D eigenvalue weighted by Crippen LogP contribution is 2.35. The number of anilines is 1. The lowest BCUT2D eigenvalue weighted by atomic mass is 10.1. The first-order chi connectivity index (χ1) is 11.4. The lowest BCUT2D eigenvalue weighted by molar-refractivity contribution is 0.0694. The van der Waals surface area contributed by atoms with E-state index in [4.69, 9.17) is 9.15 Å². The molecule has 126 valence electrons. The van der Waals surface area contributed by atoms with Crippen molar-refractivity contribution < 1.29 is 23.8 Å². The van der Waals surface area contributed by atoms with Gasteiger partial charge in [0.05, 0.1) is 12.2 Å². The number of aryl methyl sites for hydroxylation is 2. The summed E-state index contributed by atoms with van der Waals surface area (Å²) in [4.78, 5) is 25.7. The number of fused-ring (bicyclic) bond motifs is 1. The first kappa shape index (κ1) is 16.1. The number of hydrogen-bond donors (Lipinski definition) is 1. The van der Waals surface area contributed by atoms with E-state index in [1.165, 1.54) is 6.07 Å². The molecule has 1 N–H and O–H groups in total. The zero-order valence-electron chi connectivity index (χ0n) is 13.8. The summed E-state index contributed by atoms with van der Waals surface area (Å²) in [6.45, 7) is 6.00. The highest BCUT2D eigenvalue weighted by atomic mass is 16.5. The lowest BCUT2D eigenvalue weighted by Gasteiger charge is -2.33. The molecule has 0 saturated heterocycles. The van der Waals surface area contributed by atoms with Gasteiger partial charge in [0.2, 0.25) is 0 Å². The normalized spacial score (nSPS) is 16.5. The second-order valence-electron chi connectivity index (χ2n) is 5.92. The van der Waals surface area contributed by atoms with Gasteiger partial charge in [-0.15, -0.1) is 0 Å². The Kier molecular flexibility index (Phi) is 4.05. The highest BCUT2D eigenvalue weighted by molar-refractivity contribution is 6.06. The molecule has 1 aliphatic rings. The fourth-order valence-corrected chi connectivity index (χ4v) is 2.85. The summed E-state index contributed by atoms with van der Waals surface area (Å²) in [6, 6.07) is 6.92. The van der Waals surface area contributed by atoms with Gasteiger partial charge in [0.15, 0.2) is 5.76 Å². The molecule has 0 saturated carbocycles. The number of amides is 1. The third kappa shape index (κ3) is 2.75. The maximum Gasteiger partial charge on any atom is 0.339 e. The Bertz CT molecular complexity index is 808. The Morgan fingerprint density at radius 1 is 1.33 bits per heavy atom. The van der Waals surface area contributed by atoms with Gasteiger partial charge in [-0.25, -0.2) is 4.79 Å². The number of rotatable bonds is 3. The number of carbonyl (C=O) groups is 2. The summed E-state index contributed by atoms with van der Waals surface area (Å²) in [5, 5.41) is 9.23. The Hall–Kier alpha value is -2.76. The number of hydrogen-bond acceptors (Lipinski definition) is 4. The molecule has 3 rings (SSSR count). The monoisotopic (exact) mass is 329 g/mol. The number of benzene rings is 1. The van der Waals surface area contributed by atoms with Gasteiger partial charge in [-0.3, -0.25) is 9.69 Å². The number of furan rings is 1. The number of carboxylic acids is 1. The van der Waals surface area contributed by atoms with E-state index >= 15 is 0 Å². The van der Waals surface area contributed by atoms with Gasteiger partial charge in [0.25, 0.3) is 5.91 Å². The van der Waals surface area contributed by atoms with Crippen molar-refractivity contribution in [2.24, 2.45) is 0 Å². The van der Waals surface area contributed by atoms with E-state index < -0.39 is 5.97 Å². The second kappa shape index (κ2) is 6.03. The van der Waals surface area contributed by atoms with Crippen molar-refractivity contribution in [3.8, 4) is 5.75 Å². The van der Waals surface area contributed by atoms with Gasteiger partial charge < -0.3 is 14.3 Å². The van der Waals surface area contributed by atoms with Crippen molar-refractivity contribution in [1.82, 2.24) is 0 Å². The first-order valence-corrected chi connectivity index (χ1v) is 7.86. The zero-order chi connectivity index (χ0) is 17.4. The molecule has 0 spiro atoms. The van der Waals surface area contributed by atoms with Gasteiger partial charge in [0.1, 0.15) is 23.2 Å². The molecule has 2 aromatic rings. The molecule has 2 heterocycles. The maximum absolute atomic E-state index is 12.9. The van der Waals surface area contributed by atoms with Crippen LogP contribution in [0.2, 0.25) is 0 Å². The zero-order valence-corrected chi connectivity index (χ0v) is 13.8. The van der Waals surface area contributed by atoms with Gasteiger partial charge in [0, 0.05) is 12.5 Å². The van der Waals surface area contributed by atoms with Crippen molar-refractivity contribution in [2.45, 2.75) is 33.3 Å². The van der Waals surface area contributed by atoms with Crippen LogP contribution >= 0.6 is 0 Å². The van der Waals surface area contributed by atoms with Crippen molar-refractivity contribution in [3.63, 3.8) is 0 Å². The smallest absolute Gasteiger partial charge is 0.339 e. The molecule has 1 aromatic heterocycles. The Morgan fingerprint density at radius 2 is 2.08 bits per heavy atom. The van der Waals surface area contributed by atoms with E-state index in [1.54, 1.807) is 11.8 Å². The molecular formula is C18H19NO5. The van der Waals surface area contributed by atoms with Gasteiger partial charge in [-0.05, 0) is 31.5 Å². The van der Waals surface area contributed by atoms with Crippen LogP contribution in [-0.4, -0.2) is 29.6 Å². The van der Waals surface area contributed by atoms with Crippen LogP contribution in [-0.2, 0) is 6.42 Å². The van der Waals surface area contributed by atoms with Crippen LogP contribution in [0.15, 0.2) is 28.7 Å². The van der Waals surface area contributed by atoms with Crippen LogP contribution in [0, 0.1) is 6.92 Å². The molecule has 6 nitrogen and oxygen atoms in total. The fourth-order valence-electron chi connectivity index (χ4n) is 2.85. The summed E-state index contributed by atoms with van der Waals surface area (Å²) in [7, 11) is 0. The Balaban J connectivity index is 2.00. The number of carboxylic acid groups (broad SMARTS) is 1. The predicted octanol–water partition coefficient (Wildman–Crippen LogP) is 3.28. The van der Waals surface area contributed by atoms with Crippen molar-refractivity contribution >= 4 is 17.6 Å². The van der Waals surface area contributed by atoms with Crippen LogP contribution in [0.4, 0.5) is 5.69 Å². The largest absolute Gasteiger partial charge is 0.487 e. The van der Waals surface area contributed by atoms with Crippen molar-refractivity contribution in [3.05, 3.63) is 46.9 Å². The van der Waals surface area contributed by atoms with E-state index in [1.807, 2.05) is 32.0 Å². The summed E-state index contributed by atoms with van der Waals surface area (Å²) >= 11 is 0. The predicted molar refractivity (Wildman–Crippen MR) is 88.0 cm³/mol. The molecule has 0 aliphatic carbocycles. The standard InChI is InChI=1S/C18H19NO5/c1-4-14-12(18(21)22)8-16(24-14)17(20)19-9-11(3)23-15-7-10(2)5-6-13(15)19/h5-8,11H,4,9H2,1-3H3,(H,21,22). The third-order valence-corrected chi connectivity index (χ3v) is 3.99. The molecule has 24 heavy (non-hydrogen) atoms. The molecule has 0 bridgehead atoms. The Labute approximate surface area is 139 Å². The van der Waals surface area contributed by atoms with E-state index in [9.17, 15) is 14.7 Å². The van der Waals surface area contributed by atoms with Gasteiger partial charge in [-0.1, -0.05) is 13.0 Å². The molecule has 1 aliphatic heterocycles. The average Bonchev–Trinajstić information content (AvgIpc) is 2.97. The quantitative estimate of drug-likeness (QED) is 0.935. The van der Waals surface area contributed by atoms with E-state index in [0.717, 1.165) is 5.56 Å².